The number of esters is 2. The second-order valence-corrected chi connectivity index (χ2v) is 6.33. The van der Waals surface area contributed by atoms with Gasteiger partial charge in [0, 0.05) is 25.4 Å². The monoisotopic (exact) mass is 333 g/mol. The largest absolute Gasteiger partial charge is 0.469 e. The van der Waals surface area contributed by atoms with Gasteiger partial charge in [0.25, 0.3) is 0 Å². The molecule has 0 bridgehead atoms. The average Bonchev–Trinajstić information content (AvgIpc) is 2.53. The Labute approximate surface area is 139 Å². The molecule has 5 nitrogen and oxygen atoms in total. The standard InChI is InChI=1S/C16H31NO4S/c1-4-6-13-22-14-11-17(9-7-15(18)20-3)10-8-16(19)21-12-5-2/h4-14H2,1-3H3. The van der Waals surface area contributed by atoms with Gasteiger partial charge in [0.05, 0.1) is 26.6 Å². The highest BCUT2D eigenvalue weighted by atomic mass is 32.2. The maximum atomic E-state index is 11.6. The molecule has 0 aliphatic carbocycles. The summed E-state index contributed by atoms with van der Waals surface area (Å²) in [4.78, 5) is 25.0. The lowest BCUT2D eigenvalue weighted by Gasteiger charge is -2.21. The van der Waals surface area contributed by atoms with Crippen molar-refractivity contribution in [1.29, 1.82) is 0 Å². The Morgan fingerprint density at radius 2 is 1.64 bits per heavy atom. The summed E-state index contributed by atoms with van der Waals surface area (Å²) in [6.45, 7) is 6.78. The van der Waals surface area contributed by atoms with Gasteiger partial charge in [0.2, 0.25) is 0 Å². The Kier molecular flexibility index (Phi) is 14.6. The minimum atomic E-state index is -0.211. The van der Waals surface area contributed by atoms with Crippen molar-refractivity contribution in [2.45, 2.75) is 46.0 Å². The molecule has 22 heavy (non-hydrogen) atoms. The van der Waals surface area contributed by atoms with E-state index in [-0.39, 0.29) is 11.9 Å². The number of ether oxygens (including phenoxy) is 2. The number of thioether (sulfide) groups is 1. The highest BCUT2D eigenvalue weighted by Crippen LogP contribution is 2.06. The maximum absolute atomic E-state index is 11.6. The van der Waals surface area contributed by atoms with Crippen molar-refractivity contribution in [3.05, 3.63) is 0 Å². The van der Waals surface area contributed by atoms with E-state index in [1.165, 1.54) is 25.7 Å². The van der Waals surface area contributed by atoms with E-state index in [1.54, 1.807) is 0 Å². The number of hydrogen-bond acceptors (Lipinski definition) is 6. The molecule has 0 fully saturated rings. The number of methoxy groups -OCH3 is 1. The van der Waals surface area contributed by atoms with Gasteiger partial charge in [-0.2, -0.15) is 11.8 Å². The highest BCUT2D eigenvalue weighted by Gasteiger charge is 2.11. The Morgan fingerprint density at radius 1 is 0.955 bits per heavy atom. The van der Waals surface area contributed by atoms with Gasteiger partial charge in [-0.15, -0.1) is 0 Å². The van der Waals surface area contributed by atoms with Gasteiger partial charge in [-0.05, 0) is 18.6 Å². The van der Waals surface area contributed by atoms with Crippen LogP contribution in [0.15, 0.2) is 0 Å². The third-order valence-corrected chi connectivity index (χ3v) is 4.20. The average molecular weight is 333 g/mol. The third kappa shape index (κ3) is 13.0. The van der Waals surface area contributed by atoms with Crippen LogP contribution in [0.25, 0.3) is 0 Å². The summed E-state index contributed by atoms with van der Waals surface area (Å²) >= 11 is 1.92. The predicted molar refractivity (Wildman–Crippen MR) is 91.2 cm³/mol. The molecular formula is C16H31NO4S. The SMILES string of the molecule is CCCCSCCN(CCC(=O)OC)CCC(=O)OCCC. The zero-order valence-corrected chi connectivity index (χ0v) is 15.1. The van der Waals surface area contributed by atoms with Crippen LogP contribution in [0.4, 0.5) is 0 Å². The Hall–Kier alpha value is -0.750. The zero-order chi connectivity index (χ0) is 16.6. The van der Waals surface area contributed by atoms with E-state index in [1.807, 2.05) is 18.7 Å². The Balaban J connectivity index is 4.03. The number of rotatable bonds is 14. The van der Waals surface area contributed by atoms with E-state index in [2.05, 4.69) is 16.6 Å². The first-order valence-electron chi connectivity index (χ1n) is 8.16. The van der Waals surface area contributed by atoms with Crippen LogP contribution in [0.5, 0.6) is 0 Å². The first-order chi connectivity index (χ1) is 10.6. The molecule has 0 aliphatic rings. The van der Waals surface area contributed by atoms with Crippen LogP contribution in [0.1, 0.15) is 46.0 Å². The fraction of sp³-hybridized carbons (Fsp3) is 0.875. The smallest absolute Gasteiger partial charge is 0.307 e. The summed E-state index contributed by atoms with van der Waals surface area (Å²) in [5.74, 6) is 1.81. The minimum Gasteiger partial charge on any atom is -0.469 e. The van der Waals surface area contributed by atoms with Crippen LogP contribution in [-0.2, 0) is 19.1 Å². The van der Waals surface area contributed by atoms with Crippen molar-refractivity contribution >= 4 is 23.7 Å². The van der Waals surface area contributed by atoms with Crippen molar-refractivity contribution < 1.29 is 19.1 Å². The van der Waals surface area contributed by atoms with Crippen LogP contribution in [0, 0.1) is 0 Å². The molecule has 130 valence electrons. The van der Waals surface area contributed by atoms with Gasteiger partial charge in [-0.25, -0.2) is 0 Å². The van der Waals surface area contributed by atoms with Gasteiger partial charge in [-0.1, -0.05) is 20.3 Å². The van der Waals surface area contributed by atoms with Gasteiger partial charge in [0.1, 0.15) is 0 Å². The van der Waals surface area contributed by atoms with E-state index >= 15 is 0 Å². The molecular weight excluding hydrogens is 302 g/mol. The van der Waals surface area contributed by atoms with E-state index < -0.39 is 0 Å². The van der Waals surface area contributed by atoms with Crippen molar-refractivity contribution in [3.63, 3.8) is 0 Å². The van der Waals surface area contributed by atoms with E-state index in [4.69, 9.17) is 4.74 Å². The molecule has 0 saturated carbocycles. The fourth-order valence-electron chi connectivity index (χ4n) is 1.77. The van der Waals surface area contributed by atoms with E-state index in [0.717, 1.165) is 18.7 Å². The van der Waals surface area contributed by atoms with Crippen LogP contribution in [-0.4, -0.2) is 61.7 Å². The quantitative estimate of drug-likeness (QED) is 0.360. The Morgan fingerprint density at radius 3 is 2.23 bits per heavy atom. The first-order valence-corrected chi connectivity index (χ1v) is 9.32. The molecule has 6 heteroatoms. The van der Waals surface area contributed by atoms with Crippen LogP contribution in [0.3, 0.4) is 0 Å². The summed E-state index contributed by atoms with van der Waals surface area (Å²) in [5.41, 5.74) is 0. The summed E-state index contributed by atoms with van der Waals surface area (Å²) < 4.78 is 9.76. The molecule has 0 aliphatic heterocycles. The van der Waals surface area contributed by atoms with Gasteiger partial charge in [0.15, 0.2) is 0 Å². The number of unbranched alkanes of at least 4 members (excludes halogenated alkanes) is 1. The Bertz CT molecular complexity index is 300. The van der Waals surface area contributed by atoms with Crippen LogP contribution < -0.4 is 0 Å². The molecule has 0 aromatic heterocycles. The van der Waals surface area contributed by atoms with E-state index in [9.17, 15) is 9.59 Å². The van der Waals surface area contributed by atoms with Crippen molar-refractivity contribution in [2.75, 3.05) is 44.9 Å². The number of carbonyl (C=O) groups is 2. The molecule has 0 spiro atoms. The van der Waals surface area contributed by atoms with Gasteiger partial charge < -0.3 is 14.4 Å². The normalized spacial score (nSPS) is 10.7. The molecule has 0 heterocycles. The van der Waals surface area contributed by atoms with Crippen molar-refractivity contribution in [2.24, 2.45) is 0 Å². The second-order valence-electron chi connectivity index (χ2n) is 5.10. The lowest BCUT2D eigenvalue weighted by molar-refractivity contribution is -0.144. The predicted octanol–water partition coefficient (Wildman–Crippen LogP) is 2.73. The summed E-state index contributed by atoms with van der Waals surface area (Å²) in [7, 11) is 1.40. The molecule has 0 radical (unpaired) electrons. The molecule has 0 unspecified atom stereocenters. The second kappa shape index (κ2) is 15.2. The third-order valence-electron chi connectivity index (χ3n) is 3.15. The van der Waals surface area contributed by atoms with Crippen molar-refractivity contribution in [3.8, 4) is 0 Å². The van der Waals surface area contributed by atoms with E-state index in [0.29, 0.717) is 32.5 Å². The lowest BCUT2D eigenvalue weighted by Crippen LogP contribution is -2.31. The molecule has 0 aromatic rings. The van der Waals surface area contributed by atoms with Crippen molar-refractivity contribution in [1.82, 2.24) is 4.90 Å². The molecule has 0 rings (SSSR count). The fourth-order valence-corrected chi connectivity index (χ4v) is 2.85. The van der Waals surface area contributed by atoms with Gasteiger partial charge >= 0.3 is 11.9 Å². The summed E-state index contributed by atoms with van der Waals surface area (Å²) in [6.07, 6.45) is 4.02. The zero-order valence-electron chi connectivity index (χ0n) is 14.3. The number of nitrogens with zero attached hydrogens (tertiary/aromatic N) is 1. The topological polar surface area (TPSA) is 55.8 Å². The minimum absolute atomic E-state index is 0.163. The maximum Gasteiger partial charge on any atom is 0.307 e. The molecule has 0 N–H and O–H groups in total. The molecule has 0 atom stereocenters. The number of hydrogen-bond donors (Lipinski definition) is 0. The van der Waals surface area contributed by atoms with Crippen LogP contribution >= 0.6 is 11.8 Å². The van der Waals surface area contributed by atoms with Gasteiger partial charge in [-0.3, -0.25) is 9.59 Å². The molecule has 0 amide bonds. The van der Waals surface area contributed by atoms with Crippen LogP contribution in [0.2, 0.25) is 0 Å². The number of carbonyl (C=O) groups excluding carboxylic acids is 2. The molecule has 0 saturated heterocycles. The summed E-state index contributed by atoms with van der Waals surface area (Å²) in [5, 5.41) is 0. The molecule has 0 aromatic carbocycles. The highest BCUT2D eigenvalue weighted by molar-refractivity contribution is 7.99. The summed E-state index contributed by atoms with van der Waals surface area (Å²) in [6, 6.07) is 0. The first kappa shape index (κ1) is 21.2. The lowest BCUT2D eigenvalue weighted by atomic mass is 10.3.